The van der Waals surface area contributed by atoms with E-state index in [1.165, 1.54) is 32.1 Å². The summed E-state index contributed by atoms with van der Waals surface area (Å²) < 4.78 is 7.35. The van der Waals surface area contributed by atoms with Gasteiger partial charge in [-0.15, -0.1) is 5.10 Å². The lowest BCUT2D eigenvalue weighted by Crippen LogP contribution is -2.32. The molecule has 3 fully saturated rings. The van der Waals surface area contributed by atoms with Crippen LogP contribution in [0.3, 0.4) is 0 Å². The van der Waals surface area contributed by atoms with E-state index in [1.807, 2.05) is 9.58 Å². The number of rotatable bonds is 4. The fourth-order valence-electron chi connectivity index (χ4n) is 3.10. The molecule has 4 rings (SSSR count). The van der Waals surface area contributed by atoms with Crippen molar-refractivity contribution in [3.05, 3.63) is 11.9 Å². The largest absolute Gasteiger partial charge is 0.449 e. The predicted molar refractivity (Wildman–Crippen MR) is 75.9 cm³/mol. The van der Waals surface area contributed by atoms with Gasteiger partial charge in [0.2, 0.25) is 0 Å². The van der Waals surface area contributed by atoms with Gasteiger partial charge in [0, 0.05) is 25.2 Å². The van der Waals surface area contributed by atoms with Gasteiger partial charge >= 0.3 is 6.09 Å². The van der Waals surface area contributed by atoms with Gasteiger partial charge in [-0.25, -0.2) is 9.48 Å². The molecule has 1 aliphatic heterocycles. The number of ether oxygens (including phenoxy) is 1. The van der Waals surface area contributed by atoms with Gasteiger partial charge in [-0.1, -0.05) is 11.6 Å². The molecule has 2 saturated carbocycles. The van der Waals surface area contributed by atoms with Crippen LogP contribution >= 0.6 is 0 Å². The van der Waals surface area contributed by atoms with Gasteiger partial charge < -0.3 is 9.64 Å². The molecule has 6 nitrogen and oxygen atoms in total. The van der Waals surface area contributed by atoms with Crippen LogP contribution in [0, 0.1) is 5.92 Å². The first-order valence-corrected chi connectivity index (χ1v) is 8.13. The Labute approximate surface area is 124 Å². The second-order valence-corrected chi connectivity index (χ2v) is 6.66. The van der Waals surface area contributed by atoms with Gasteiger partial charge in [0.1, 0.15) is 0 Å². The molecule has 3 aliphatic rings. The lowest BCUT2D eigenvalue weighted by atomic mass is 9.86. The van der Waals surface area contributed by atoms with E-state index in [4.69, 9.17) is 4.74 Å². The van der Waals surface area contributed by atoms with Crippen molar-refractivity contribution in [3.8, 4) is 0 Å². The van der Waals surface area contributed by atoms with E-state index in [-0.39, 0.29) is 12.1 Å². The molecule has 2 heterocycles. The molecular weight excluding hydrogens is 268 g/mol. The topological polar surface area (TPSA) is 60.2 Å². The van der Waals surface area contributed by atoms with Crippen LogP contribution in [0.15, 0.2) is 6.20 Å². The SMILES string of the molecule is O=C(OCC1CCC1)N1CCC(n2cc(C3CC3)nn2)C1. The van der Waals surface area contributed by atoms with Gasteiger partial charge in [-0.05, 0) is 38.0 Å². The Morgan fingerprint density at radius 1 is 1.29 bits per heavy atom. The van der Waals surface area contributed by atoms with Crippen molar-refractivity contribution in [2.45, 2.75) is 50.5 Å². The lowest BCUT2D eigenvalue weighted by molar-refractivity contribution is 0.0767. The second kappa shape index (κ2) is 5.31. The summed E-state index contributed by atoms with van der Waals surface area (Å²) in [6.45, 7) is 2.04. The molecule has 21 heavy (non-hydrogen) atoms. The van der Waals surface area contributed by atoms with Crippen LogP contribution in [0.5, 0.6) is 0 Å². The fraction of sp³-hybridized carbons (Fsp3) is 0.800. The van der Waals surface area contributed by atoms with Gasteiger partial charge in [-0.2, -0.15) is 0 Å². The van der Waals surface area contributed by atoms with Gasteiger partial charge in [0.25, 0.3) is 0 Å². The summed E-state index contributed by atoms with van der Waals surface area (Å²) in [4.78, 5) is 13.9. The van der Waals surface area contributed by atoms with Crippen LogP contribution in [0.25, 0.3) is 0 Å². The van der Waals surface area contributed by atoms with E-state index >= 15 is 0 Å². The zero-order valence-electron chi connectivity index (χ0n) is 12.3. The molecule has 0 spiro atoms. The Hall–Kier alpha value is -1.59. The maximum absolute atomic E-state index is 12.0. The number of nitrogens with zero attached hydrogens (tertiary/aromatic N) is 4. The Morgan fingerprint density at radius 3 is 2.86 bits per heavy atom. The minimum atomic E-state index is -0.160. The van der Waals surface area contributed by atoms with E-state index < -0.39 is 0 Å². The number of hydrogen-bond acceptors (Lipinski definition) is 4. The van der Waals surface area contributed by atoms with Crippen LogP contribution in [0.4, 0.5) is 4.79 Å². The van der Waals surface area contributed by atoms with Crippen molar-refractivity contribution in [1.82, 2.24) is 19.9 Å². The third-order valence-corrected chi connectivity index (χ3v) is 4.99. The maximum Gasteiger partial charge on any atom is 0.409 e. The standard InChI is InChI=1S/C15H22N4O2/c20-15(21-10-11-2-1-3-11)18-7-6-13(8-18)19-9-14(16-17-19)12-4-5-12/h9,11-13H,1-8,10H2. The molecule has 1 unspecified atom stereocenters. The highest BCUT2D eigenvalue weighted by molar-refractivity contribution is 5.68. The van der Waals surface area contributed by atoms with Crippen molar-refractivity contribution < 1.29 is 9.53 Å². The van der Waals surface area contributed by atoms with Crippen molar-refractivity contribution in [1.29, 1.82) is 0 Å². The van der Waals surface area contributed by atoms with E-state index in [0.29, 0.717) is 25.0 Å². The average molecular weight is 290 g/mol. The molecule has 1 aromatic rings. The number of carbonyl (C=O) groups excluding carboxylic acids is 1. The minimum absolute atomic E-state index is 0.160. The molecule has 2 aliphatic carbocycles. The first-order valence-electron chi connectivity index (χ1n) is 8.13. The highest BCUT2D eigenvalue weighted by Gasteiger charge is 2.32. The number of aromatic nitrogens is 3. The number of amides is 1. The smallest absolute Gasteiger partial charge is 0.409 e. The van der Waals surface area contributed by atoms with Crippen LogP contribution in [-0.2, 0) is 4.74 Å². The fourth-order valence-corrected chi connectivity index (χ4v) is 3.10. The average Bonchev–Trinajstić information content (AvgIpc) is 2.99. The van der Waals surface area contributed by atoms with Crippen LogP contribution < -0.4 is 0 Å². The summed E-state index contributed by atoms with van der Waals surface area (Å²) in [6, 6.07) is 0.251. The van der Waals surface area contributed by atoms with E-state index in [1.54, 1.807) is 0 Å². The van der Waals surface area contributed by atoms with Crippen LogP contribution in [-0.4, -0.2) is 45.7 Å². The molecule has 0 bridgehead atoms. The molecule has 1 atom stereocenters. The molecule has 114 valence electrons. The highest BCUT2D eigenvalue weighted by atomic mass is 16.6. The molecule has 0 radical (unpaired) electrons. The first-order chi connectivity index (χ1) is 10.3. The summed E-state index contributed by atoms with van der Waals surface area (Å²) in [6.07, 6.45) is 9.01. The summed E-state index contributed by atoms with van der Waals surface area (Å²) >= 11 is 0. The Bertz CT molecular complexity index is 521. The Morgan fingerprint density at radius 2 is 2.14 bits per heavy atom. The van der Waals surface area contributed by atoms with Crippen molar-refractivity contribution in [2.75, 3.05) is 19.7 Å². The second-order valence-electron chi connectivity index (χ2n) is 6.66. The normalized spacial score (nSPS) is 25.9. The lowest BCUT2D eigenvalue weighted by Gasteiger charge is -2.26. The first kappa shape index (κ1) is 13.1. The van der Waals surface area contributed by atoms with Crippen molar-refractivity contribution in [3.63, 3.8) is 0 Å². The Balaban J connectivity index is 1.29. The minimum Gasteiger partial charge on any atom is -0.449 e. The predicted octanol–water partition coefficient (Wildman–Crippen LogP) is 2.34. The quantitative estimate of drug-likeness (QED) is 0.854. The zero-order valence-corrected chi connectivity index (χ0v) is 12.3. The summed E-state index contributed by atoms with van der Waals surface area (Å²) in [5.74, 6) is 1.23. The molecule has 6 heteroatoms. The summed E-state index contributed by atoms with van der Waals surface area (Å²) in [5, 5.41) is 8.49. The Kier molecular flexibility index (Phi) is 3.31. The van der Waals surface area contributed by atoms with Crippen LogP contribution in [0.1, 0.15) is 56.2 Å². The molecule has 1 amide bonds. The summed E-state index contributed by atoms with van der Waals surface area (Å²) in [7, 11) is 0. The van der Waals surface area contributed by atoms with Gasteiger partial charge in [-0.3, -0.25) is 0 Å². The number of carbonyl (C=O) groups is 1. The monoisotopic (exact) mass is 290 g/mol. The number of hydrogen-bond donors (Lipinski definition) is 0. The van der Waals surface area contributed by atoms with E-state index in [9.17, 15) is 4.79 Å². The molecular formula is C15H22N4O2. The van der Waals surface area contributed by atoms with E-state index in [0.717, 1.165) is 18.7 Å². The molecule has 0 aromatic carbocycles. The van der Waals surface area contributed by atoms with Crippen LogP contribution in [0.2, 0.25) is 0 Å². The zero-order chi connectivity index (χ0) is 14.2. The van der Waals surface area contributed by atoms with Gasteiger partial charge in [0.15, 0.2) is 0 Å². The molecule has 1 aromatic heterocycles. The maximum atomic E-state index is 12.0. The third-order valence-electron chi connectivity index (χ3n) is 4.99. The van der Waals surface area contributed by atoms with Crippen molar-refractivity contribution in [2.24, 2.45) is 5.92 Å². The van der Waals surface area contributed by atoms with Gasteiger partial charge in [0.05, 0.1) is 18.3 Å². The molecule has 0 N–H and O–H groups in total. The molecule has 1 saturated heterocycles. The summed E-state index contributed by atoms with van der Waals surface area (Å²) in [5.41, 5.74) is 1.11. The number of likely N-dealkylation sites (tertiary alicyclic amines) is 1. The van der Waals surface area contributed by atoms with Crippen molar-refractivity contribution >= 4 is 6.09 Å². The highest BCUT2D eigenvalue weighted by Crippen LogP contribution is 2.39. The van der Waals surface area contributed by atoms with E-state index in [2.05, 4.69) is 16.5 Å². The third kappa shape index (κ3) is 2.76.